The summed E-state index contributed by atoms with van der Waals surface area (Å²) < 4.78 is 85.2. The van der Waals surface area contributed by atoms with Gasteiger partial charge in [-0.1, -0.05) is 12.1 Å². The number of alkyl halides is 3. The Morgan fingerprint density at radius 1 is 1.05 bits per heavy atom. The lowest BCUT2D eigenvalue weighted by molar-refractivity contribution is -0.142. The van der Waals surface area contributed by atoms with Crippen molar-refractivity contribution in [2.24, 2.45) is 11.7 Å². The van der Waals surface area contributed by atoms with E-state index in [0.29, 0.717) is 35.0 Å². The van der Waals surface area contributed by atoms with Gasteiger partial charge in [0.1, 0.15) is 17.5 Å². The first-order chi connectivity index (χ1) is 20.9. The number of aromatic nitrogens is 3. The molecule has 0 aliphatic heterocycles. The lowest BCUT2D eigenvalue weighted by Crippen LogP contribution is -2.19. The monoisotopic (exact) mass is 612 g/mol. The van der Waals surface area contributed by atoms with Crippen molar-refractivity contribution < 1.29 is 35.9 Å². The summed E-state index contributed by atoms with van der Waals surface area (Å²) in [6.45, 7) is -0.416. The van der Waals surface area contributed by atoms with E-state index in [-0.39, 0.29) is 47.8 Å². The molecular weight excluding hydrogens is 586 g/mol. The Labute approximate surface area is 247 Å². The summed E-state index contributed by atoms with van der Waals surface area (Å²) in [7, 11) is 0. The first-order valence-corrected chi connectivity index (χ1v) is 14.1. The lowest BCUT2D eigenvalue weighted by Gasteiger charge is -2.20. The van der Waals surface area contributed by atoms with Gasteiger partial charge in [-0.2, -0.15) is 18.3 Å². The van der Waals surface area contributed by atoms with Gasteiger partial charge < -0.3 is 5.73 Å². The van der Waals surface area contributed by atoms with Crippen molar-refractivity contribution >= 4 is 11.7 Å². The quantitative estimate of drug-likeness (QED) is 0.218. The number of benzene rings is 2. The molecule has 4 aromatic rings. The van der Waals surface area contributed by atoms with Gasteiger partial charge in [0, 0.05) is 47.3 Å². The maximum absolute atomic E-state index is 14.3. The van der Waals surface area contributed by atoms with E-state index in [1.165, 1.54) is 23.0 Å². The summed E-state index contributed by atoms with van der Waals surface area (Å²) in [6, 6.07) is 9.91. The van der Waals surface area contributed by atoms with E-state index < -0.39 is 53.5 Å². The number of fused-ring (bicyclic) bond motifs is 3. The smallest absolute Gasteiger partial charge is 0.366 e. The molecule has 2 unspecified atom stereocenters. The van der Waals surface area contributed by atoms with Crippen LogP contribution in [0.3, 0.4) is 0 Å². The second-order valence-electron chi connectivity index (χ2n) is 11.4. The van der Waals surface area contributed by atoms with Gasteiger partial charge >= 0.3 is 6.18 Å². The van der Waals surface area contributed by atoms with Gasteiger partial charge in [-0.05, 0) is 73.1 Å². The number of hydrogen-bond donors (Lipinski definition) is 1. The fourth-order valence-corrected chi connectivity index (χ4v) is 6.41. The van der Waals surface area contributed by atoms with Crippen molar-refractivity contribution in [3.63, 3.8) is 0 Å². The van der Waals surface area contributed by atoms with Crippen LogP contribution >= 0.6 is 0 Å². The Bertz CT molecular complexity index is 1760. The molecule has 1 saturated carbocycles. The minimum Gasteiger partial charge on any atom is -0.366 e. The van der Waals surface area contributed by atoms with Gasteiger partial charge in [-0.3, -0.25) is 19.3 Å². The number of carbonyl (C=O) groups excluding carboxylic acids is 2. The maximum atomic E-state index is 14.3. The number of hydrogen-bond acceptors (Lipinski definition) is 4. The Morgan fingerprint density at radius 3 is 2.50 bits per heavy atom. The number of ketones is 1. The predicted octanol–water partition coefficient (Wildman–Crippen LogP) is 6.52. The van der Waals surface area contributed by atoms with Crippen LogP contribution in [0.2, 0.25) is 0 Å². The number of rotatable bonds is 9. The topological polar surface area (TPSA) is 90.9 Å². The number of pyridine rings is 1. The molecule has 228 valence electrons. The molecule has 1 fully saturated rings. The molecule has 12 heteroatoms. The SMILES string of the molecule is NC(=O)c1cc(-c2cccnc2[C@@H](CC(=O)Cn2nc(C(F)(F)F)c3c2C2CC2CC3)Cc2cc(F)cc(F)c2)ccc1F. The van der Waals surface area contributed by atoms with Crippen LogP contribution < -0.4 is 5.73 Å². The number of Topliss-reactive ketones (excluding diaryl/α,β-unsaturated/α-hetero) is 1. The number of halogens is 6. The van der Waals surface area contributed by atoms with Crippen LogP contribution in [0, 0.1) is 23.4 Å². The normalized spacial score (nSPS) is 18.0. The summed E-state index contributed by atoms with van der Waals surface area (Å²) in [5, 5.41) is 3.84. The molecule has 0 saturated heterocycles. The summed E-state index contributed by atoms with van der Waals surface area (Å²) in [5.74, 6) is -4.51. The molecule has 2 aliphatic rings. The third-order valence-electron chi connectivity index (χ3n) is 8.37. The zero-order valence-corrected chi connectivity index (χ0v) is 23.2. The summed E-state index contributed by atoms with van der Waals surface area (Å²) in [6.07, 6.45) is -1.87. The number of amides is 1. The third kappa shape index (κ3) is 5.85. The molecule has 2 aromatic heterocycles. The van der Waals surface area contributed by atoms with Crippen molar-refractivity contribution in [2.45, 2.75) is 56.7 Å². The minimum absolute atomic E-state index is 0.0516. The molecule has 2 N–H and O–H groups in total. The van der Waals surface area contributed by atoms with Gasteiger partial charge in [0.15, 0.2) is 11.5 Å². The van der Waals surface area contributed by atoms with Crippen molar-refractivity contribution in [1.82, 2.24) is 14.8 Å². The Morgan fingerprint density at radius 2 is 1.80 bits per heavy atom. The van der Waals surface area contributed by atoms with Crippen LogP contribution in [0.5, 0.6) is 0 Å². The van der Waals surface area contributed by atoms with Crippen molar-refractivity contribution in [3.05, 3.63) is 106 Å². The van der Waals surface area contributed by atoms with E-state index in [4.69, 9.17) is 5.73 Å². The van der Waals surface area contributed by atoms with Gasteiger partial charge in [-0.15, -0.1) is 0 Å². The van der Waals surface area contributed by atoms with Crippen LogP contribution in [0.15, 0.2) is 54.7 Å². The van der Waals surface area contributed by atoms with Gasteiger partial charge in [0.2, 0.25) is 0 Å². The number of nitrogens with zero attached hydrogens (tertiary/aromatic N) is 3. The zero-order chi connectivity index (χ0) is 31.3. The Balaban J connectivity index is 1.37. The number of nitrogens with two attached hydrogens (primary N) is 1. The first kappa shape index (κ1) is 29.6. The van der Waals surface area contributed by atoms with Gasteiger partial charge in [0.25, 0.3) is 5.91 Å². The lowest BCUT2D eigenvalue weighted by atomic mass is 9.86. The van der Waals surface area contributed by atoms with E-state index in [2.05, 4.69) is 10.1 Å². The van der Waals surface area contributed by atoms with E-state index in [1.54, 1.807) is 12.1 Å². The summed E-state index contributed by atoms with van der Waals surface area (Å²) >= 11 is 0. The molecule has 2 aromatic carbocycles. The maximum Gasteiger partial charge on any atom is 0.435 e. The molecular formula is C32H26F6N4O2. The molecule has 3 atom stereocenters. The second kappa shape index (κ2) is 11.2. The first-order valence-electron chi connectivity index (χ1n) is 14.1. The van der Waals surface area contributed by atoms with Crippen LogP contribution in [-0.2, 0) is 30.4 Å². The number of primary amides is 1. The average Bonchev–Trinajstić information content (AvgIpc) is 3.65. The van der Waals surface area contributed by atoms with Crippen molar-refractivity contribution in [3.8, 4) is 11.1 Å². The molecule has 2 aliphatic carbocycles. The highest BCUT2D eigenvalue weighted by Gasteiger charge is 2.49. The van der Waals surface area contributed by atoms with Crippen LogP contribution in [-0.4, -0.2) is 26.5 Å². The second-order valence-corrected chi connectivity index (χ2v) is 11.4. The zero-order valence-electron chi connectivity index (χ0n) is 23.2. The molecule has 0 spiro atoms. The summed E-state index contributed by atoms with van der Waals surface area (Å²) in [5.41, 5.74) is 5.92. The van der Waals surface area contributed by atoms with E-state index in [1.807, 2.05) is 0 Å². The summed E-state index contributed by atoms with van der Waals surface area (Å²) in [4.78, 5) is 29.9. The molecule has 44 heavy (non-hydrogen) atoms. The molecule has 0 radical (unpaired) electrons. The van der Waals surface area contributed by atoms with E-state index in [0.717, 1.165) is 24.6 Å². The fourth-order valence-electron chi connectivity index (χ4n) is 6.41. The standard InChI is InChI=1S/C32H26F6N4O2/c33-20-9-16(10-21(34)14-20)8-19(28-23(2-1-7-40-28)17-4-6-27(35)26(13-17)31(39)44)11-22(43)15-42-29-24(5-3-18-12-25(18)29)30(41-42)32(36,37)38/h1-2,4,6-7,9-10,13-14,18-19,25H,3,5,8,11-12,15H2,(H2,39,44)/t18?,19-,25?/m1/s1. The Kier molecular flexibility index (Phi) is 7.54. The molecule has 2 heterocycles. The Hall–Kier alpha value is -4.48. The van der Waals surface area contributed by atoms with Crippen LogP contribution in [0.4, 0.5) is 26.3 Å². The fraction of sp³-hybridized carbons (Fsp3) is 0.312. The van der Waals surface area contributed by atoms with Gasteiger partial charge in [-0.25, -0.2) is 13.2 Å². The van der Waals surface area contributed by atoms with Crippen LogP contribution in [0.1, 0.15) is 69.7 Å². The third-order valence-corrected chi connectivity index (χ3v) is 8.37. The van der Waals surface area contributed by atoms with Crippen molar-refractivity contribution in [2.75, 3.05) is 0 Å². The molecule has 6 nitrogen and oxygen atoms in total. The van der Waals surface area contributed by atoms with E-state index >= 15 is 0 Å². The molecule has 6 rings (SSSR count). The van der Waals surface area contributed by atoms with Gasteiger partial charge in [0.05, 0.1) is 17.8 Å². The van der Waals surface area contributed by atoms with Crippen LogP contribution in [0.25, 0.3) is 11.1 Å². The van der Waals surface area contributed by atoms with E-state index in [9.17, 15) is 35.9 Å². The minimum atomic E-state index is -4.66. The average molecular weight is 613 g/mol. The highest BCUT2D eigenvalue weighted by molar-refractivity contribution is 5.94. The predicted molar refractivity (Wildman–Crippen MR) is 147 cm³/mol. The highest BCUT2D eigenvalue weighted by atomic mass is 19.4. The molecule has 1 amide bonds. The highest BCUT2D eigenvalue weighted by Crippen LogP contribution is 2.56. The van der Waals surface area contributed by atoms with Crippen molar-refractivity contribution in [1.29, 1.82) is 0 Å². The largest absolute Gasteiger partial charge is 0.435 e. The number of carbonyl (C=O) groups is 2. The molecule has 0 bridgehead atoms.